The van der Waals surface area contributed by atoms with Crippen molar-refractivity contribution in [1.29, 1.82) is 0 Å². The SMILES string of the molecule is CC(C)[C@@H](NC(=O)c1ccco1)c1nc(-c2ccc3c(c2)[nH]c(=O)n3C(C)C)no1. The van der Waals surface area contributed by atoms with Gasteiger partial charge in [-0.1, -0.05) is 19.0 Å². The van der Waals surface area contributed by atoms with E-state index in [9.17, 15) is 9.59 Å². The molecule has 9 heteroatoms. The molecule has 1 aromatic carbocycles. The first kappa shape index (κ1) is 19.7. The Morgan fingerprint density at radius 3 is 2.67 bits per heavy atom. The first-order valence-electron chi connectivity index (χ1n) is 9.77. The van der Waals surface area contributed by atoms with Crippen LogP contribution in [-0.4, -0.2) is 25.6 Å². The summed E-state index contributed by atoms with van der Waals surface area (Å²) in [6.45, 7) is 7.80. The number of nitrogens with one attached hydrogen (secondary N) is 2. The van der Waals surface area contributed by atoms with Crippen molar-refractivity contribution in [3.63, 3.8) is 0 Å². The van der Waals surface area contributed by atoms with Gasteiger partial charge in [-0.3, -0.25) is 9.36 Å². The molecule has 9 nitrogen and oxygen atoms in total. The molecule has 3 aromatic heterocycles. The molecule has 0 aliphatic heterocycles. The number of hydrogen-bond donors (Lipinski definition) is 2. The van der Waals surface area contributed by atoms with Crippen LogP contribution >= 0.6 is 0 Å². The average Bonchev–Trinajstić information content (AvgIpc) is 3.43. The molecule has 0 unspecified atom stereocenters. The van der Waals surface area contributed by atoms with Crippen molar-refractivity contribution in [3.8, 4) is 11.4 Å². The largest absolute Gasteiger partial charge is 0.459 e. The Bertz CT molecular complexity index is 1230. The number of H-pyrrole nitrogens is 1. The number of aromatic amines is 1. The highest BCUT2D eigenvalue weighted by Gasteiger charge is 2.26. The van der Waals surface area contributed by atoms with Gasteiger partial charge in [0.1, 0.15) is 6.04 Å². The van der Waals surface area contributed by atoms with Crippen LogP contribution in [0.2, 0.25) is 0 Å². The Kier molecular flexibility index (Phi) is 5.03. The molecule has 4 rings (SSSR count). The molecule has 0 radical (unpaired) electrons. The van der Waals surface area contributed by atoms with Gasteiger partial charge in [-0.25, -0.2) is 4.79 Å². The normalized spacial score (nSPS) is 12.7. The van der Waals surface area contributed by atoms with E-state index >= 15 is 0 Å². The Labute approximate surface area is 172 Å². The standard InChI is InChI=1S/C21H23N5O4/c1-11(2)17(23-19(27)16-6-5-9-29-16)20-24-18(25-30-20)13-7-8-15-14(10-13)22-21(28)26(15)12(3)4/h5-12,17H,1-4H3,(H,22,28)(H,23,27)/t17-/m1/s1. The van der Waals surface area contributed by atoms with Gasteiger partial charge in [0, 0.05) is 11.6 Å². The van der Waals surface area contributed by atoms with Crippen LogP contribution in [0, 0.1) is 5.92 Å². The zero-order valence-electron chi connectivity index (χ0n) is 17.2. The van der Waals surface area contributed by atoms with Crippen LogP contribution in [0.5, 0.6) is 0 Å². The van der Waals surface area contributed by atoms with E-state index in [1.165, 1.54) is 6.26 Å². The van der Waals surface area contributed by atoms with Crippen LogP contribution in [0.1, 0.15) is 56.2 Å². The molecule has 4 aromatic rings. The van der Waals surface area contributed by atoms with Crippen LogP contribution in [-0.2, 0) is 0 Å². The molecule has 1 amide bonds. The van der Waals surface area contributed by atoms with E-state index in [4.69, 9.17) is 8.94 Å². The fourth-order valence-electron chi connectivity index (χ4n) is 3.40. The van der Waals surface area contributed by atoms with E-state index in [-0.39, 0.29) is 29.3 Å². The smallest absolute Gasteiger partial charge is 0.326 e. The second kappa shape index (κ2) is 7.66. The van der Waals surface area contributed by atoms with E-state index in [2.05, 4.69) is 20.4 Å². The third-order valence-corrected chi connectivity index (χ3v) is 4.90. The molecule has 1 atom stereocenters. The van der Waals surface area contributed by atoms with Crippen LogP contribution in [0.3, 0.4) is 0 Å². The number of carbonyl (C=O) groups excluding carboxylic acids is 1. The maximum absolute atomic E-state index is 12.4. The monoisotopic (exact) mass is 409 g/mol. The van der Waals surface area contributed by atoms with Gasteiger partial charge in [-0.05, 0) is 50.1 Å². The van der Waals surface area contributed by atoms with Gasteiger partial charge >= 0.3 is 5.69 Å². The number of hydrogen-bond acceptors (Lipinski definition) is 6. The fourth-order valence-corrected chi connectivity index (χ4v) is 3.40. The summed E-state index contributed by atoms with van der Waals surface area (Å²) in [6.07, 6.45) is 1.44. The lowest BCUT2D eigenvalue weighted by Gasteiger charge is -2.17. The highest BCUT2D eigenvalue weighted by Crippen LogP contribution is 2.26. The number of nitrogens with zero attached hydrogens (tertiary/aromatic N) is 3. The second-order valence-corrected chi connectivity index (χ2v) is 7.75. The van der Waals surface area contributed by atoms with E-state index < -0.39 is 6.04 Å². The zero-order chi connectivity index (χ0) is 21.4. The number of imidazole rings is 1. The Hall–Kier alpha value is -3.62. The Balaban J connectivity index is 1.63. The van der Waals surface area contributed by atoms with Gasteiger partial charge in [0.2, 0.25) is 11.7 Å². The Morgan fingerprint density at radius 2 is 2.00 bits per heavy atom. The summed E-state index contributed by atoms with van der Waals surface area (Å²) in [6, 6.07) is 8.32. The maximum Gasteiger partial charge on any atom is 0.326 e. The summed E-state index contributed by atoms with van der Waals surface area (Å²) < 4.78 is 12.3. The first-order chi connectivity index (χ1) is 14.3. The van der Waals surface area contributed by atoms with Crippen LogP contribution in [0.15, 0.2) is 50.3 Å². The zero-order valence-corrected chi connectivity index (χ0v) is 17.2. The predicted molar refractivity (Wildman–Crippen MR) is 110 cm³/mol. The third-order valence-electron chi connectivity index (χ3n) is 4.90. The number of aromatic nitrogens is 4. The molecule has 30 heavy (non-hydrogen) atoms. The maximum atomic E-state index is 12.4. The first-order valence-corrected chi connectivity index (χ1v) is 9.77. The number of fused-ring (bicyclic) bond motifs is 1. The molecule has 156 valence electrons. The summed E-state index contributed by atoms with van der Waals surface area (Å²) in [4.78, 5) is 31.9. The summed E-state index contributed by atoms with van der Waals surface area (Å²) in [5.41, 5.74) is 2.05. The molecule has 0 saturated carbocycles. The van der Waals surface area contributed by atoms with Gasteiger partial charge in [-0.2, -0.15) is 4.98 Å². The summed E-state index contributed by atoms with van der Waals surface area (Å²) in [5, 5.41) is 6.94. The predicted octanol–water partition coefficient (Wildman–Crippen LogP) is 3.68. The van der Waals surface area contributed by atoms with Crippen molar-refractivity contribution < 1.29 is 13.7 Å². The highest BCUT2D eigenvalue weighted by atomic mass is 16.5. The fraction of sp³-hybridized carbons (Fsp3) is 0.333. The van der Waals surface area contributed by atoms with Gasteiger partial charge in [0.05, 0.1) is 17.3 Å². The molecular formula is C21H23N5O4. The molecule has 0 saturated heterocycles. The van der Waals surface area contributed by atoms with Crippen molar-refractivity contribution in [1.82, 2.24) is 25.0 Å². The average molecular weight is 409 g/mol. The van der Waals surface area contributed by atoms with Gasteiger partial charge < -0.3 is 19.2 Å². The van der Waals surface area contributed by atoms with Gasteiger partial charge in [0.15, 0.2) is 5.76 Å². The van der Waals surface area contributed by atoms with Crippen molar-refractivity contribution in [2.75, 3.05) is 0 Å². The van der Waals surface area contributed by atoms with E-state index in [1.807, 2.05) is 45.9 Å². The van der Waals surface area contributed by atoms with Gasteiger partial charge in [-0.15, -0.1) is 0 Å². The van der Waals surface area contributed by atoms with E-state index in [0.717, 1.165) is 5.52 Å². The lowest BCUT2D eigenvalue weighted by molar-refractivity contribution is 0.0885. The molecule has 3 heterocycles. The summed E-state index contributed by atoms with van der Waals surface area (Å²) >= 11 is 0. The molecule has 0 spiro atoms. The minimum absolute atomic E-state index is 0.0103. The number of amides is 1. The van der Waals surface area contributed by atoms with Gasteiger partial charge in [0.25, 0.3) is 5.91 Å². The lowest BCUT2D eigenvalue weighted by atomic mass is 10.0. The molecular weight excluding hydrogens is 386 g/mol. The minimum Gasteiger partial charge on any atom is -0.459 e. The van der Waals surface area contributed by atoms with Crippen molar-refractivity contribution in [2.24, 2.45) is 5.92 Å². The molecule has 0 aliphatic rings. The molecule has 0 bridgehead atoms. The lowest BCUT2D eigenvalue weighted by Crippen LogP contribution is -2.31. The number of rotatable bonds is 6. The second-order valence-electron chi connectivity index (χ2n) is 7.75. The quantitative estimate of drug-likeness (QED) is 0.501. The van der Waals surface area contributed by atoms with E-state index in [1.54, 1.807) is 16.7 Å². The number of furan rings is 1. The Morgan fingerprint density at radius 1 is 1.20 bits per heavy atom. The van der Waals surface area contributed by atoms with E-state index in [0.29, 0.717) is 22.8 Å². The summed E-state index contributed by atoms with van der Waals surface area (Å²) in [5.74, 6) is 0.546. The number of carbonyl (C=O) groups is 1. The molecule has 0 aliphatic carbocycles. The van der Waals surface area contributed by atoms with Crippen LogP contribution in [0.25, 0.3) is 22.4 Å². The number of benzene rings is 1. The highest BCUT2D eigenvalue weighted by molar-refractivity contribution is 5.91. The van der Waals surface area contributed by atoms with Crippen LogP contribution in [0.4, 0.5) is 0 Å². The third kappa shape index (κ3) is 3.54. The molecule has 0 fully saturated rings. The van der Waals surface area contributed by atoms with Crippen molar-refractivity contribution >= 4 is 16.9 Å². The summed E-state index contributed by atoms with van der Waals surface area (Å²) in [7, 11) is 0. The minimum atomic E-state index is -0.477. The van der Waals surface area contributed by atoms with Crippen molar-refractivity contribution in [3.05, 3.63) is 58.7 Å². The topological polar surface area (TPSA) is 119 Å². The van der Waals surface area contributed by atoms with Crippen molar-refractivity contribution in [2.45, 2.75) is 39.8 Å². The van der Waals surface area contributed by atoms with Crippen LogP contribution < -0.4 is 11.0 Å². The molecule has 2 N–H and O–H groups in total.